The van der Waals surface area contributed by atoms with Gasteiger partial charge in [-0.3, -0.25) is 9.59 Å². The first-order valence-corrected chi connectivity index (χ1v) is 7.13. The molecule has 20 heavy (non-hydrogen) atoms. The van der Waals surface area contributed by atoms with Crippen molar-refractivity contribution in [3.05, 3.63) is 35.5 Å². The minimum absolute atomic E-state index is 0.0452. The Kier molecular flexibility index (Phi) is 2.46. The van der Waals surface area contributed by atoms with E-state index in [2.05, 4.69) is 4.98 Å². The molecule has 1 aliphatic carbocycles. The van der Waals surface area contributed by atoms with Gasteiger partial charge in [0.1, 0.15) is 0 Å². The zero-order valence-corrected chi connectivity index (χ0v) is 11.1. The maximum absolute atomic E-state index is 12.5. The Hall–Kier alpha value is -2.10. The van der Waals surface area contributed by atoms with Crippen molar-refractivity contribution in [2.45, 2.75) is 25.3 Å². The number of aromatic amines is 1. The van der Waals surface area contributed by atoms with Crippen molar-refractivity contribution in [1.29, 1.82) is 0 Å². The van der Waals surface area contributed by atoms with Gasteiger partial charge in [-0.15, -0.1) is 0 Å². The Morgan fingerprint density at radius 3 is 3.00 bits per heavy atom. The van der Waals surface area contributed by atoms with E-state index in [-0.39, 0.29) is 11.8 Å². The summed E-state index contributed by atoms with van der Waals surface area (Å²) in [6.45, 7) is 0.755. The van der Waals surface area contributed by atoms with E-state index in [9.17, 15) is 9.59 Å². The van der Waals surface area contributed by atoms with Crippen LogP contribution in [0.15, 0.2) is 24.3 Å². The van der Waals surface area contributed by atoms with Crippen molar-refractivity contribution in [3.8, 4) is 0 Å². The van der Waals surface area contributed by atoms with E-state index in [0.29, 0.717) is 18.0 Å². The van der Waals surface area contributed by atoms with Crippen molar-refractivity contribution in [2.75, 3.05) is 6.54 Å². The standard InChI is InChI=1S/C16H16N2O2/c19-9-18-6-5-10-7-13(18)15-11-3-1-2-4-12(11)17-16(15)14(20)8-10/h1-4,9-10,13,17H,5-8H2. The number of fused-ring (bicyclic) bond motifs is 6. The molecule has 2 atom stereocenters. The summed E-state index contributed by atoms with van der Waals surface area (Å²) in [5, 5.41) is 1.08. The van der Waals surface area contributed by atoms with Crippen molar-refractivity contribution < 1.29 is 9.59 Å². The van der Waals surface area contributed by atoms with Crippen LogP contribution in [0, 0.1) is 5.92 Å². The second kappa shape index (κ2) is 4.20. The molecule has 1 fully saturated rings. The van der Waals surface area contributed by atoms with Crippen molar-refractivity contribution in [3.63, 3.8) is 0 Å². The molecule has 2 heterocycles. The van der Waals surface area contributed by atoms with E-state index in [0.717, 1.165) is 42.3 Å². The van der Waals surface area contributed by atoms with E-state index in [4.69, 9.17) is 0 Å². The number of rotatable bonds is 1. The number of piperidine rings is 1. The zero-order chi connectivity index (χ0) is 13.7. The van der Waals surface area contributed by atoms with Gasteiger partial charge in [-0.05, 0) is 24.8 Å². The number of para-hydroxylation sites is 1. The van der Waals surface area contributed by atoms with Gasteiger partial charge >= 0.3 is 0 Å². The third kappa shape index (κ3) is 1.54. The molecule has 1 aromatic carbocycles. The number of carbonyl (C=O) groups is 2. The van der Waals surface area contributed by atoms with E-state index in [1.807, 2.05) is 29.2 Å². The zero-order valence-electron chi connectivity index (χ0n) is 11.1. The fourth-order valence-corrected chi connectivity index (χ4v) is 3.75. The van der Waals surface area contributed by atoms with E-state index in [1.165, 1.54) is 0 Å². The van der Waals surface area contributed by atoms with Crippen molar-refractivity contribution in [2.24, 2.45) is 5.92 Å². The van der Waals surface area contributed by atoms with Gasteiger partial charge in [-0.2, -0.15) is 0 Å². The van der Waals surface area contributed by atoms with Crippen LogP contribution in [-0.2, 0) is 4.79 Å². The van der Waals surface area contributed by atoms with E-state index < -0.39 is 0 Å². The fraction of sp³-hybridized carbons (Fsp3) is 0.375. The molecule has 1 saturated heterocycles. The minimum Gasteiger partial charge on any atom is -0.352 e. The van der Waals surface area contributed by atoms with Gasteiger partial charge in [-0.1, -0.05) is 18.2 Å². The molecule has 1 amide bonds. The monoisotopic (exact) mass is 268 g/mol. The normalized spacial score (nSPS) is 25.4. The maximum Gasteiger partial charge on any atom is 0.210 e. The number of carbonyl (C=O) groups excluding carboxylic acids is 2. The molecule has 0 saturated carbocycles. The molecule has 0 radical (unpaired) electrons. The SMILES string of the molecule is O=CN1CCC2CC(=O)c3[nH]c4ccccc4c3C1C2. The molecule has 2 aromatic rings. The molecule has 2 bridgehead atoms. The summed E-state index contributed by atoms with van der Waals surface area (Å²) < 4.78 is 0. The van der Waals surface area contributed by atoms with Crippen LogP contribution in [0.2, 0.25) is 0 Å². The Labute approximate surface area is 116 Å². The largest absolute Gasteiger partial charge is 0.352 e. The van der Waals surface area contributed by atoms with Crippen LogP contribution in [0.5, 0.6) is 0 Å². The quantitative estimate of drug-likeness (QED) is 0.808. The number of H-pyrrole nitrogens is 1. The van der Waals surface area contributed by atoms with Gasteiger partial charge in [0.15, 0.2) is 5.78 Å². The number of benzene rings is 1. The van der Waals surface area contributed by atoms with Gasteiger partial charge in [-0.25, -0.2) is 0 Å². The number of nitrogens with zero attached hydrogens (tertiary/aromatic N) is 1. The Morgan fingerprint density at radius 2 is 2.15 bits per heavy atom. The van der Waals surface area contributed by atoms with Crippen LogP contribution >= 0.6 is 0 Å². The highest BCUT2D eigenvalue weighted by atomic mass is 16.1. The smallest absolute Gasteiger partial charge is 0.210 e. The van der Waals surface area contributed by atoms with Gasteiger partial charge in [0.25, 0.3) is 0 Å². The van der Waals surface area contributed by atoms with Gasteiger partial charge in [0.2, 0.25) is 6.41 Å². The third-order valence-electron chi connectivity index (χ3n) is 4.72. The summed E-state index contributed by atoms with van der Waals surface area (Å²) >= 11 is 0. The molecule has 2 unspecified atom stereocenters. The predicted molar refractivity (Wildman–Crippen MR) is 75.5 cm³/mol. The second-order valence-electron chi connectivity index (χ2n) is 5.84. The fourth-order valence-electron chi connectivity index (χ4n) is 3.75. The van der Waals surface area contributed by atoms with Crippen LogP contribution in [0.4, 0.5) is 0 Å². The highest BCUT2D eigenvalue weighted by Crippen LogP contribution is 2.43. The summed E-state index contributed by atoms with van der Waals surface area (Å²) in [4.78, 5) is 29.0. The number of likely N-dealkylation sites (tertiary alicyclic amines) is 1. The van der Waals surface area contributed by atoms with Crippen LogP contribution in [0.1, 0.15) is 41.4 Å². The highest BCUT2D eigenvalue weighted by Gasteiger charge is 2.37. The second-order valence-corrected chi connectivity index (χ2v) is 5.84. The number of amides is 1. The Morgan fingerprint density at radius 1 is 1.30 bits per heavy atom. The molecule has 2 aliphatic rings. The number of aromatic nitrogens is 1. The summed E-state index contributed by atoms with van der Waals surface area (Å²) in [5.74, 6) is 0.597. The molecule has 102 valence electrons. The summed E-state index contributed by atoms with van der Waals surface area (Å²) in [7, 11) is 0. The van der Waals surface area contributed by atoms with Crippen LogP contribution in [0.3, 0.4) is 0 Å². The Balaban J connectivity index is 1.98. The average molecular weight is 268 g/mol. The third-order valence-corrected chi connectivity index (χ3v) is 4.72. The Bertz CT molecular complexity index is 704. The maximum atomic E-state index is 12.5. The number of Topliss-reactive ketones (excluding diaryl/α,β-unsaturated/α-hetero) is 1. The number of nitrogens with one attached hydrogen (secondary N) is 1. The van der Waals surface area contributed by atoms with Gasteiger partial charge in [0, 0.05) is 29.4 Å². The minimum atomic E-state index is 0.0452. The average Bonchev–Trinajstić information content (AvgIpc) is 2.82. The number of hydrogen-bond donors (Lipinski definition) is 1. The summed E-state index contributed by atoms with van der Waals surface area (Å²) in [6, 6.07) is 8.02. The van der Waals surface area contributed by atoms with Crippen LogP contribution in [0.25, 0.3) is 10.9 Å². The molecule has 4 heteroatoms. The van der Waals surface area contributed by atoms with Crippen molar-refractivity contribution in [1.82, 2.24) is 9.88 Å². The summed E-state index contributed by atoms with van der Waals surface area (Å²) in [6.07, 6.45) is 3.37. The molecule has 4 rings (SSSR count). The first-order valence-electron chi connectivity index (χ1n) is 7.13. The first kappa shape index (κ1) is 11.7. The topological polar surface area (TPSA) is 53.2 Å². The highest BCUT2D eigenvalue weighted by molar-refractivity contribution is 6.03. The lowest BCUT2D eigenvalue weighted by molar-refractivity contribution is -0.122. The lowest BCUT2D eigenvalue weighted by Gasteiger charge is -2.35. The number of hydrogen-bond acceptors (Lipinski definition) is 2. The molecule has 1 aliphatic heterocycles. The van der Waals surface area contributed by atoms with Crippen LogP contribution in [-0.4, -0.2) is 28.6 Å². The molecule has 1 aromatic heterocycles. The molecule has 4 nitrogen and oxygen atoms in total. The number of ketones is 1. The summed E-state index contributed by atoms with van der Waals surface area (Å²) in [5.41, 5.74) is 2.73. The van der Waals surface area contributed by atoms with Gasteiger partial charge < -0.3 is 9.88 Å². The van der Waals surface area contributed by atoms with Crippen LogP contribution < -0.4 is 0 Å². The predicted octanol–water partition coefficient (Wildman–Crippen LogP) is 2.66. The van der Waals surface area contributed by atoms with Crippen molar-refractivity contribution >= 4 is 23.1 Å². The lowest BCUT2D eigenvalue weighted by atomic mass is 9.88. The lowest BCUT2D eigenvalue weighted by Crippen LogP contribution is -2.35. The molecule has 1 N–H and O–H groups in total. The van der Waals surface area contributed by atoms with Gasteiger partial charge in [0.05, 0.1) is 11.7 Å². The first-order chi connectivity index (χ1) is 9.78. The van der Waals surface area contributed by atoms with E-state index in [1.54, 1.807) is 0 Å². The molecule has 0 spiro atoms. The molecular weight excluding hydrogens is 252 g/mol. The van der Waals surface area contributed by atoms with E-state index >= 15 is 0 Å². The molecular formula is C16H16N2O2.